The molecule has 1 aliphatic heterocycles. The Morgan fingerprint density at radius 1 is 1.04 bits per heavy atom. The molecule has 0 atom stereocenters. The van der Waals surface area contributed by atoms with Gasteiger partial charge in [0, 0.05) is 17.7 Å². The predicted octanol–water partition coefficient (Wildman–Crippen LogP) is 3.99. The van der Waals surface area contributed by atoms with Gasteiger partial charge >= 0.3 is 5.97 Å². The Morgan fingerprint density at radius 3 is 2.52 bits per heavy atom. The highest BCUT2D eigenvalue weighted by Crippen LogP contribution is 2.33. The van der Waals surface area contributed by atoms with Crippen LogP contribution in [0.3, 0.4) is 0 Å². The molecule has 0 fully saturated rings. The molecule has 126 valence electrons. The van der Waals surface area contributed by atoms with Crippen LogP contribution in [-0.2, 0) is 6.42 Å². The van der Waals surface area contributed by atoms with Crippen molar-refractivity contribution in [3.8, 4) is 16.9 Å². The van der Waals surface area contributed by atoms with Crippen molar-refractivity contribution in [3.05, 3.63) is 65.7 Å². The lowest BCUT2D eigenvalue weighted by Gasteiger charge is -2.09. The Hall–Kier alpha value is -3.08. The standard InChI is InChI=1S/C20H19N3O2/c24-20(25)15-9-11-16(12-10-15)23-19-17(8-4-5-13-21-19)18(22-23)14-6-2-1-3-7-14/h1-3,6-7,9-12,21H,4-5,8,13H2,(H,24,25). The van der Waals surface area contributed by atoms with Crippen LogP contribution in [0.5, 0.6) is 0 Å². The van der Waals surface area contributed by atoms with Gasteiger partial charge in [0.25, 0.3) is 0 Å². The Bertz CT molecular complexity index is 899. The van der Waals surface area contributed by atoms with Gasteiger partial charge < -0.3 is 10.4 Å². The number of benzene rings is 2. The van der Waals surface area contributed by atoms with Crippen LogP contribution in [0.25, 0.3) is 16.9 Å². The fourth-order valence-corrected chi connectivity index (χ4v) is 3.26. The number of fused-ring (bicyclic) bond motifs is 1. The molecule has 25 heavy (non-hydrogen) atoms. The van der Waals surface area contributed by atoms with Gasteiger partial charge in [0.05, 0.1) is 16.9 Å². The summed E-state index contributed by atoms with van der Waals surface area (Å²) in [4.78, 5) is 11.1. The van der Waals surface area contributed by atoms with E-state index in [0.717, 1.165) is 48.6 Å². The lowest BCUT2D eigenvalue weighted by molar-refractivity contribution is 0.0697. The maximum Gasteiger partial charge on any atom is 0.335 e. The van der Waals surface area contributed by atoms with Crippen molar-refractivity contribution in [2.45, 2.75) is 19.3 Å². The van der Waals surface area contributed by atoms with Gasteiger partial charge in [-0.3, -0.25) is 0 Å². The van der Waals surface area contributed by atoms with E-state index < -0.39 is 5.97 Å². The lowest BCUT2D eigenvalue weighted by Crippen LogP contribution is -2.07. The molecular weight excluding hydrogens is 314 g/mol. The van der Waals surface area contributed by atoms with Crippen LogP contribution in [-0.4, -0.2) is 27.4 Å². The molecular formula is C20H19N3O2. The zero-order valence-electron chi connectivity index (χ0n) is 13.8. The molecule has 0 amide bonds. The van der Waals surface area contributed by atoms with E-state index in [1.54, 1.807) is 24.3 Å². The van der Waals surface area contributed by atoms with Crippen LogP contribution in [0.4, 0.5) is 5.82 Å². The van der Waals surface area contributed by atoms with E-state index >= 15 is 0 Å². The van der Waals surface area contributed by atoms with Crippen molar-refractivity contribution >= 4 is 11.8 Å². The summed E-state index contributed by atoms with van der Waals surface area (Å²) in [7, 11) is 0. The average Bonchev–Trinajstić information content (AvgIpc) is 2.84. The molecule has 5 heteroatoms. The van der Waals surface area contributed by atoms with Crippen molar-refractivity contribution in [2.75, 3.05) is 11.9 Å². The van der Waals surface area contributed by atoms with E-state index in [-0.39, 0.29) is 5.56 Å². The SMILES string of the molecule is O=C(O)c1ccc(-n2nc(-c3ccccc3)c3c2NCCCC3)cc1. The zero-order chi connectivity index (χ0) is 17.2. The number of carboxylic acids is 1. The number of carbonyl (C=O) groups is 1. The van der Waals surface area contributed by atoms with Gasteiger partial charge in [-0.1, -0.05) is 30.3 Å². The molecule has 1 aliphatic rings. The van der Waals surface area contributed by atoms with E-state index in [0.29, 0.717) is 0 Å². The minimum absolute atomic E-state index is 0.276. The molecule has 0 unspecified atom stereocenters. The van der Waals surface area contributed by atoms with Crippen molar-refractivity contribution in [3.63, 3.8) is 0 Å². The zero-order valence-corrected chi connectivity index (χ0v) is 13.8. The number of nitrogens with one attached hydrogen (secondary N) is 1. The first-order valence-electron chi connectivity index (χ1n) is 8.49. The summed E-state index contributed by atoms with van der Waals surface area (Å²) in [6.45, 7) is 0.917. The topological polar surface area (TPSA) is 67.1 Å². The van der Waals surface area contributed by atoms with E-state index in [1.165, 1.54) is 5.56 Å². The Kier molecular flexibility index (Phi) is 3.98. The molecule has 0 bridgehead atoms. The summed E-state index contributed by atoms with van der Waals surface area (Å²) >= 11 is 0. The minimum Gasteiger partial charge on any atom is -0.478 e. The number of nitrogens with zero attached hydrogens (tertiary/aromatic N) is 2. The van der Waals surface area contributed by atoms with Crippen LogP contribution in [0.1, 0.15) is 28.8 Å². The smallest absolute Gasteiger partial charge is 0.335 e. The van der Waals surface area contributed by atoms with Crippen LogP contribution >= 0.6 is 0 Å². The van der Waals surface area contributed by atoms with Crippen molar-refractivity contribution in [2.24, 2.45) is 0 Å². The number of hydrogen-bond donors (Lipinski definition) is 2. The fraction of sp³-hybridized carbons (Fsp3) is 0.200. The molecule has 0 radical (unpaired) electrons. The van der Waals surface area contributed by atoms with Gasteiger partial charge in [0.1, 0.15) is 5.82 Å². The Morgan fingerprint density at radius 2 is 1.80 bits per heavy atom. The summed E-state index contributed by atoms with van der Waals surface area (Å²) in [6, 6.07) is 17.0. The van der Waals surface area contributed by atoms with Gasteiger partial charge in [-0.05, 0) is 43.5 Å². The van der Waals surface area contributed by atoms with Gasteiger partial charge in [-0.2, -0.15) is 5.10 Å². The maximum atomic E-state index is 11.1. The molecule has 0 saturated heterocycles. The second-order valence-corrected chi connectivity index (χ2v) is 6.19. The van der Waals surface area contributed by atoms with E-state index in [4.69, 9.17) is 10.2 Å². The van der Waals surface area contributed by atoms with Crippen LogP contribution in [0, 0.1) is 0 Å². The number of aromatic carboxylic acids is 1. The van der Waals surface area contributed by atoms with Gasteiger partial charge in [0.2, 0.25) is 0 Å². The van der Waals surface area contributed by atoms with E-state index in [2.05, 4.69) is 17.4 Å². The van der Waals surface area contributed by atoms with E-state index in [9.17, 15) is 4.79 Å². The maximum absolute atomic E-state index is 11.1. The highest BCUT2D eigenvalue weighted by Gasteiger charge is 2.21. The number of anilines is 1. The van der Waals surface area contributed by atoms with Crippen LogP contribution in [0.2, 0.25) is 0 Å². The summed E-state index contributed by atoms with van der Waals surface area (Å²) in [5.74, 6) is 0.0911. The summed E-state index contributed by atoms with van der Waals surface area (Å²) in [6.07, 6.45) is 3.24. The number of carboxylic acid groups (broad SMARTS) is 1. The molecule has 2 heterocycles. The Balaban J connectivity index is 1.85. The molecule has 0 aliphatic carbocycles. The number of aromatic nitrogens is 2. The number of hydrogen-bond acceptors (Lipinski definition) is 3. The van der Waals surface area contributed by atoms with Crippen LogP contribution in [0.15, 0.2) is 54.6 Å². The second-order valence-electron chi connectivity index (χ2n) is 6.19. The highest BCUT2D eigenvalue weighted by molar-refractivity contribution is 5.87. The van der Waals surface area contributed by atoms with Gasteiger partial charge in [-0.25, -0.2) is 9.48 Å². The molecule has 5 nitrogen and oxygen atoms in total. The second kappa shape index (κ2) is 6.43. The molecule has 2 N–H and O–H groups in total. The third kappa shape index (κ3) is 2.89. The fourth-order valence-electron chi connectivity index (χ4n) is 3.26. The van der Waals surface area contributed by atoms with Gasteiger partial charge in [0.15, 0.2) is 0 Å². The van der Waals surface area contributed by atoms with Crippen molar-refractivity contribution in [1.29, 1.82) is 0 Å². The largest absolute Gasteiger partial charge is 0.478 e. The van der Waals surface area contributed by atoms with Gasteiger partial charge in [-0.15, -0.1) is 0 Å². The summed E-state index contributed by atoms with van der Waals surface area (Å²) in [5, 5.41) is 17.5. The molecule has 1 aromatic heterocycles. The Labute approximate surface area is 145 Å². The monoisotopic (exact) mass is 333 g/mol. The first-order valence-corrected chi connectivity index (χ1v) is 8.49. The predicted molar refractivity (Wildman–Crippen MR) is 97.4 cm³/mol. The quantitative estimate of drug-likeness (QED) is 0.760. The molecule has 4 rings (SSSR count). The minimum atomic E-state index is -0.922. The van der Waals surface area contributed by atoms with Crippen molar-refractivity contribution < 1.29 is 9.90 Å². The summed E-state index contributed by atoms with van der Waals surface area (Å²) in [5.41, 5.74) is 4.46. The molecule has 3 aromatic rings. The average molecular weight is 333 g/mol. The van der Waals surface area contributed by atoms with Crippen LogP contribution < -0.4 is 5.32 Å². The van der Waals surface area contributed by atoms with Crippen molar-refractivity contribution in [1.82, 2.24) is 9.78 Å². The molecule has 0 spiro atoms. The van der Waals surface area contributed by atoms with E-state index in [1.807, 2.05) is 22.9 Å². The third-order valence-corrected chi connectivity index (χ3v) is 4.54. The number of rotatable bonds is 3. The molecule has 2 aromatic carbocycles. The third-order valence-electron chi connectivity index (χ3n) is 4.54. The highest BCUT2D eigenvalue weighted by atomic mass is 16.4. The molecule has 0 saturated carbocycles. The summed E-state index contributed by atoms with van der Waals surface area (Å²) < 4.78 is 1.90. The first-order chi connectivity index (χ1) is 12.2. The first kappa shape index (κ1) is 15.4. The normalized spacial score (nSPS) is 13.6. The lowest BCUT2D eigenvalue weighted by atomic mass is 10.0.